The Morgan fingerprint density at radius 1 is 1.21 bits per heavy atom. The van der Waals surface area contributed by atoms with Crippen molar-refractivity contribution in [2.24, 2.45) is 5.92 Å². The number of carbonyl (C=O) groups is 2. The lowest BCUT2D eigenvalue weighted by Gasteiger charge is -2.16. The molecule has 7 nitrogen and oxygen atoms in total. The van der Waals surface area contributed by atoms with Crippen LogP contribution in [0.15, 0.2) is 48.8 Å². The van der Waals surface area contributed by atoms with E-state index in [1.807, 2.05) is 30.3 Å². The molecule has 28 heavy (non-hydrogen) atoms. The minimum atomic E-state index is -0.846. The molecule has 2 amide bonds. The fraction of sp³-hybridized carbons (Fsp3) is 0.350. The maximum Gasteiger partial charge on any atom is 0.253 e. The number of benzene rings is 1. The van der Waals surface area contributed by atoms with Crippen LogP contribution < -0.4 is 15.4 Å². The molecule has 148 valence electrons. The monoisotopic (exact) mass is 387 g/mol. The standard InChI is InChI=1S/C20H22FN3O4/c21-15-8-14(11-22-12-15)20(27)24-17-9-13(10-18(17)25)19(26)23-6-7-28-16-4-2-1-3-5-16/h1-5,8,11-13,17-18,25H,6-7,9-10H2,(H,23,26)(H,24,27)/t13-,17-,18-/m0/s1. The Hall–Kier alpha value is -3.00. The highest BCUT2D eigenvalue weighted by molar-refractivity contribution is 5.94. The first kappa shape index (κ1) is 19.8. The Labute approximate surface area is 161 Å². The van der Waals surface area contributed by atoms with Crippen LogP contribution in [0, 0.1) is 11.7 Å². The van der Waals surface area contributed by atoms with Crippen LogP contribution in [0.25, 0.3) is 0 Å². The largest absolute Gasteiger partial charge is 0.492 e. The van der Waals surface area contributed by atoms with Crippen LogP contribution in [-0.4, -0.2) is 47.2 Å². The molecule has 8 heteroatoms. The number of amides is 2. The van der Waals surface area contributed by atoms with Gasteiger partial charge in [-0.15, -0.1) is 0 Å². The molecule has 1 saturated carbocycles. The Bertz CT molecular complexity index is 818. The molecule has 0 aliphatic heterocycles. The summed E-state index contributed by atoms with van der Waals surface area (Å²) in [7, 11) is 0. The van der Waals surface area contributed by atoms with E-state index < -0.39 is 29.8 Å². The van der Waals surface area contributed by atoms with Gasteiger partial charge in [-0.2, -0.15) is 0 Å². The van der Waals surface area contributed by atoms with Crippen LogP contribution in [0.3, 0.4) is 0 Å². The van der Waals surface area contributed by atoms with Gasteiger partial charge in [-0.25, -0.2) is 4.39 Å². The van der Waals surface area contributed by atoms with Gasteiger partial charge in [-0.1, -0.05) is 18.2 Å². The number of aromatic nitrogens is 1. The van der Waals surface area contributed by atoms with Gasteiger partial charge in [0.25, 0.3) is 5.91 Å². The SMILES string of the molecule is O=C(N[C@H]1C[C@H](C(=O)NCCOc2ccccc2)C[C@@H]1O)c1cncc(F)c1. The molecule has 3 N–H and O–H groups in total. The van der Waals surface area contributed by atoms with Gasteiger partial charge in [-0.3, -0.25) is 14.6 Å². The maximum atomic E-state index is 13.2. The van der Waals surface area contributed by atoms with Gasteiger partial charge in [0.2, 0.25) is 5.91 Å². The summed E-state index contributed by atoms with van der Waals surface area (Å²) in [5.74, 6) is -1.03. The molecule has 0 bridgehead atoms. The van der Waals surface area contributed by atoms with Crippen molar-refractivity contribution in [2.45, 2.75) is 25.0 Å². The van der Waals surface area contributed by atoms with Gasteiger partial charge in [-0.05, 0) is 31.0 Å². The van der Waals surface area contributed by atoms with Crippen molar-refractivity contribution in [3.05, 3.63) is 60.2 Å². The molecule has 2 aromatic rings. The summed E-state index contributed by atoms with van der Waals surface area (Å²) < 4.78 is 18.7. The van der Waals surface area contributed by atoms with Crippen molar-refractivity contribution in [2.75, 3.05) is 13.2 Å². The fourth-order valence-electron chi connectivity index (χ4n) is 3.18. The molecule has 1 aromatic carbocycles. The molecule has 1 aliphatic rings. The number of hydrogen-bond donors (Lipinski definition) is 3. The van der Waals surface area contributed by atoms with Crippen LogP contribution in [0.1, 0.15) is 23.2 Å². The zero-order valence-electron chi connectivity index (χ0n) is 15.2. The summed E-state index contributed by atoms with van der Waals surface area (Å²) in [5.41, 5.74) is 0.0677. The number of carbonyl (C=O) groups excluding carboxylic acids is 2. The van der Waals surface area contributed by atoms with Crippen molar-refractivity contribution in [3.8, 4) is 5.75 Å². The van der Waals surface area contributed by atoms with Gasteiger partial charge in [0.05, 0.1) is 30.5 Å². The first-order valence-electron chi connectivity index (χ1n) is 9.08. The second-order valence-corrected chi connectivity index (χ2v) is 6.66. The second kappa shape index (κ2) is 9.27. The molecule has 0 unspecified atom stereocenters. The summed E-state index contributed by atoms with van der Waals surface area (Å²) in [4.78, 5) is 28.1. The van der Waals surface area contributed by atoms with Crippen LogP contribution in [0.5, 0.6) is 5.75 Å². The summed E-state index contributed by atoms with van der Waals surface area (Å²) >= 11 is 0. The summed E-state index contributed by atoms with van der Waals surface area (Å²) in [6.07, 6.45) is 1.96. The predicted octanol–water partition coefficient (Wildman–Crippen LogP) is 1.29. The van der Waals surface area contributed by atoms with E-state index in [1.54, 1.807) is 0 Å². The number of nitrogens with one attached hydrogen (secondary N) is 2. The van der Waals surface area contributed by atoms with Gasteiger partial charge < -0.3 is 20.5 Å². The molecular weight excluding hydrogens is 365 g/mol. The van der Waals surface area contributed by atoms with E-state index >= 15 is 0 Å². The molecule has 1 aliphatic carbocycles. The highest BCUT2D eigenvalue weighted by Gasteiger charge is 2.37. The zero-order chi connectivity index (χ0) is 19.9. The molecule has 0 saturated heterocycles. The molecule has 0 spiro atoms. The Balaban J connectivity index is 1.43. The molecule has 0 radical (unpaired) electrons. The smallest absolute Gasteiger partial charge is 0.253 e. The minimum Gasteiger partial charge on any atom is -0.492 e. The number of para-hydroxylation sites is 1. The summed E-state index contributed by atoms with van der Waals surface area (Å²) in [6.45, 7) is 0.671. The van der Waals surface area contributed by atoms with E-state index in [4.69, 9.17) is 4.74 Å². The topological polar surface area (TPSA) is 101 Å². The minimum absolute atomic E-state index is 0.0677. The zero-order valence-corrected chi connectivity index (χ0v) is 15.2. The number of halogens is 1. The third kappa shape index (κ3) is 5.26. The summed E-state index contributed by atoms with van der Waals surface area (Å²) in [6, 6.07) is 9.77. The molecular formula is C20H22FN3O4. The number of ether oxygens (including phenoxy) is 1. The highest BCUT2D eigenvalue weighted by Crippen LogP contribution is 2.26. The van der Waals surface area contributed by atoms with Crippen LogP contribution in [0.4, 0.5) is 4.39 Å². The lowest BCUT2D eigenvalue weighted by Crippen LogP contribution is -2.40. The van der Waals surface area contributed by atoms with E-state index in [-0.39, 0.29) is 17.9 Å². The van der Waals surface area contributed by atoms with E-state index in [0.717, 1.165) is 18.0 Å². The predicted molar refractivity (Wildman–Crippen MR) is 99.1 cm³/mol. The van der Waals surface area contributed by atoms with Crippen molar-refractivity contribution in [1.82, 2.24) is 15.6 Å². The first-order valence-corrected chi connectivity index (χ1v) is 9.08. The fourth-order valence-corrected chi connectivity index (χ4v) is 3.18. The van der Waals surface area contributed by atoms with Gasteiger partial charge in [0, 0.05) is 12.1 Å². The van der Waals surface area contributed by atoms with E-state index in [2.05, 4.69) is 15.6 Å². The third-order valence-electron chi connectivity index (χ3n) is 4.60. The van der Waals surface area contributed by atoms with Crippen molar-refractivity contribution in [1.29, 1.82) is 0 Å². The number of nitrogens with zero attached hydrogens (tertiary/aromatic N) is 1. The van der Waals surface area contributed by atoms with Crippen LogP contribution in [-0.2, 0) is 4.79 Å². The van der Waals surface area contributed by atoms with Crippen molar-refractivity contribution in [3.63, 3.8) is 0 Å². The van der Waals surface area contributed by atoms with Crippen LogP contribution in [0.2, 0.25) is 0 Å². The number of hydrogen-bond acceptors (Lipinski definition) is 5. The average molecular weight is 387 g/mol. The van der Waals surface area contributed by atoms with E-state index in [1.165, 1.54) is 6.20 Å². The highest BCUT2D eigenvalue weighted by atomic mass is 19.1. The first-order chi connectivity index (χ1) is 13.5. The molecule has 3 rings (SSSR count). The lowest BCUT2D eigenvalue weighted by atomic mass is 10.1. The van der Waals surface area contributed by atoms with Gasteiger partial charge in [0.1, 0.15) is 18.2 Å². The van der Waals surface area contributed by atoms with Crippen molar-refractivity contribution < 1.29 is 23.8 Å². The quantitative estimate of drug-likeness (QED) is 0.622. The normalized spacial score (nSPS) is 21.1. The Morgan fingerprint density at radius 2 is 2.00 bits per heavy atom. The lowest BCUT2D eigenvalue weighted by molar-refractivity contribution is -0.125. The van der Waals surface area contributed by atoms with Crippen molar-refractivity contribution >= 4 is 11.8 Å². The second-order valence-electron chi connectivity index (χ2n) is 6.66. The number of pyridine rings is 1. The molecule has 1 heterocycles. The van der Waals surface area contributed by atoms with Gasteiger partial charge in [0.15, 0.2) is 0 Å². The Kier molecular flexibility index (Phi) is 6.54. The Morgan fingerprint density at radius 3 is 2.75 bits per heavy atom. The number of aliphatic hydroxyl groups is 1. The number of aliphatic hydroxyl groups excluding tert-OH is 1. The summed E-state index contributed by atoms with van der Waals surface area (Å²) in [5, 5.41) is 15.6. The number of rotatable bonds is 7. The molecule has 1 fully saturated rings. The van der Waals surface area contributed by atoms with Crippen LogP contribution >= 0.6 is 0 Å². The average Bonchev–Trinajstić information content (AvgIpc) is 3.06. The molecule has 1 aromatic heterocycles. The third-order valence-corrected chi connectivity index (χ3v) is 4.60. The van der Waals surface area contributed by atoms with E-state index in [9.17, 15) is 19.1 Å². The molecule has 3 atom stereocenters. The van der Waals surface area contributed by atoms with E-state index in [0.29, 0.717) is 19.6 Å². The van der Waals surface area contributed by atoms with Gasteiger partial charge >= 0.3 is 0 Å². The maximum absolute atomic E-state index is 13.2.